The topological polar surface area (TPSA) is 77.7 Å². The molecule has 2 aromatic carbocycles. The minimum Gasteiger partial charge on any atom is -0.497 e. The Labute approximate surface area is 160 Å². The highest BCUT2D eigenvalue weighted by Gasteiger charge is 2.10. The van der Waals surface area contributed by atoms with Crippen LogP contribution in [-0.2, 0) is 0 Å². The number of nitrogens with zero attached hydrogens (tertiary/aromatic N) is 3. The summed E-state index contributed by atoms with van der Waals surface area (Å²) in [5.41, 5.74) is 4.00. The van der Waals surface area contributed by atoms with Crippen molar-refractivity contribution in [3.05, 3.63) is 75.7 Å². The molecule has 0 saturated heterocycles. The fraction of sp³-hybridized carbons (Fsp3) is 0.105. The van der Waals surface area contributed by atoms with E-state index in [0.29, 0.717) is 17.1 Å². The van der Waals surface area contributed by atoms with E-state index in [1.807, 2.05) is 24.3 Å². The number of benzene rings is 2. The van der Waals surface area contributed by atoms with Gasteiger partial charge in [-0.1, -0.05) is 23.7 Å². The Morgan fingerprint density at radius 2 is 1.85 bits per heavy atom. The molecule has 0 bridgehead atoms. The molecule has 0 aliphatic heterocycles. The highest BCUT2D eigenvalue weighted by Crippen LogP contribution is 2.18. The first-order valence-corrected chi connectivity index (χ1v) is 8.35. The maximum absolute atomic E-state index is 12.5. The zero-order valence-corrected chi connectivity index (χ0v) is 15.5. The van der Waals surface area contributed by atoms with E-state index in [0.717, 1.165) is 11.3 Å². The molecule has 0 spiro atoms. The van der Waals surface area contributed by atoms with Crippen LogP contribution in [0.5, 0.6) is 11.5 Å². The van der Waals surface area contributed by atoms with Crippen molar-refractivity contribution < 1.29 is 9.47 Å². The molecule has 0 fully saturated rings. The molecule has 1 N–H and O–H groups in total. The molecule has 1 heterocycles. The summed E-state index contributed by atoms with van der Waals surface area (Å²) in [7, 11) is 3.17. The van der Waals surface area contributed by atoms with E-state index < -0.39 is 5.56 Å². The van der Waals surface area contributed by atoms with Gasteiger partial charge in [0.25, 0.3) is 5.56 Å². The van der Waals surface area contributed by atoms with Gasteiger partial charge in [0, 0.05) is 0 Å². The minimum absolute atomic E-state index is 0.0105. The molecule has 1 aromatic heterocycles. The maximum Gasteiger partial charge on any atom is 0.292 e. The molecule has 27 heavy (non-hydrogen) atoms. The van der Waals surface area contributed by atoms with E-state index >= 15 is 0 Å². The van der Waals surface area contributed by atoms with Crippen LogP contribution in [0.1, 0.15) is 5.56 Å². The Morgan fingerprint density at radius 1 is 1.11 bits per heavy atom. The summed E-state index contributed by atoms with van der Waals surface area (Å²) >= 11 is 6.18. The van der Waals surface area contributed by atoms with Gasteiger partial charge in [-0.2, -0.15) is 14.9 Å². The van der Waals surface area contributed by atoms with Gasteiger partial charge in [-0.25, -0.2) is 0 Å². The fourth-order valence-corrected chi connectivity index (χ4v) is 2.49. The number of nitrogens with one attached hydrogen (secondary N) is 1. The lowest BCUT2D eigenvalue weighted by Crippen LogP contribution is -2.22. The van der Waals surface area contributed by atoms with Gasteiger partial charge in [0.15, 0.2) is 0 Å². The molecule has 0 saturated carbocycles. The number of ether oxygens (including phenoxy) is 2. The number of rotatable bonds is 6. The van der Waals surface area contributed by atoms with E-state index in [1.165, 1.54) is 10.9 Å². The third kappa shape index (κ3) is 4.27. The Kier molecular flexibility index (Phi) is 5.73. The summed E-state index contributed by atoms with van der Waals surface area (Å²) in [4.78, 5) is 12.5. The van der Waals surface area contributed by atoms with Crippen LogP contribution in [0.3, 0.4) is 0 Å². The van der Waals surface area contributed by atoms with Gasteiger partial charge in [0.2, 0.25) is 0 Å². The van der Waals surface area contributed by atoms with Crippen LogP contribution in [0, 0.1) is 0 Å². The predicted octanol–water partition coefficient (Wildman–Crippen LogP) is 3.35. The quantitative estimate of drug-likeness (QED) is 0.521. The number of hydrogen-bond donors (Lipinski definition) is 1. The first kappa shape index (κ1) is 18.5. The molecular formula is C19H17ClN4O3. The molecule has 138 valence electrons. The number of hydrazone groups is 1. The van der Waals surface area contributed by atoms with Crippen molar-refractivity contribution in [2.24, 2.45) is 5.10 Å². The molecule has 0 aliphatic rings. The molecule has 3 rings (SSSR count). The number of aromatic nitrogens is 2. The van der Waals surface area contributed by atoms with Crippen LogP contribution in [-0.4, -0.2) is 30.2 Å². The number of anilines is 1. The second-order valence-corrected chi connectivity index (χ2v) is 5.81. The molecule has 8 heteroatoms. The fourth-order valence-electron chi connectivity index (χ4n) is 2.32. The largest absolute Gasteiger partial charge is 0.497 e. The van der Waals surface area contributed by atoms with Crippen LogP contribution in [0.2, 0.25) is 5.02 Å². The van der Waals surface area contributed by atoms with Crippen molar-refractivity contribution >= 4 is 23.5 Å². The first-order valence-electron chi connectivity index (χ1n) is 7.98. The van der Waals surface area contributed by atoms with Crippen molar-refractivity contribution in [1.82, 2.24) is 9.78 Å². The van der Waals surface area contributed by atoms with Crippen LogP contribution >= 0.6 is 11.6 Å². The van der Waals surface area contributed by atoms with Crippen LogP contribution in [0.4, 0.5) is 5.69 Å². The second-order valence-electron chi connectivity index (χ2n) is 5.43. The molecular weight excluding hydrogens is 368 g/mol. The van der Waals surface area contributed by atoms with Crippen molar-refractivity contribution in [2.45, 2.75) is 0 Å². The van der Waals surface area contributed by atoms with Crippen LogP contribution in [0.15, 0.2) is 64.6 Å². The summed E-state index contributed by atoms with van der Waals surface area (Å²) in [5, 5.41) is 8.22. The average molecular weight is 385 g/mol. The summed E-state index contributed by atoms with van der Waals surface area (Å²) in [6.45, 7) is 0. The SMILES string of the molecule is COc1ccc(-n2ncc(N/N=C\c3cccc(OC)c3)c(Cl)c2=O)cc1. The van der Waals surface area contributed by atoms with Gasteiger partial charge < -0.3 is 9.47 Å². The number of halogens is 1. The summed E-state index contributed by atoms with van der Waals surface area (Å²) in [6, 6.07) is 14.3. The highest BCUT2D eigenvalue weighted by atomic mass is 35.5. The molecule has 0 atom stereocenters. The predicted molar refractivity (Wildman–Crippen MR) is 106 cm³/mol. The lowest BCUT2D eigenvalue weighted by atomic mass is 10.2. The van der Waals surface area contributed by atoms with E-state index in [-0.39, 0.29) is 5.02 Å². The Hall–Kier alpha value is -3.32. The summed E-state index contributed by atoms with van der Waals surface area (Å²) in [5.74, 6) is 1.41. The van der Waals surface area contributed by atoms with Crippen molar-refractivity contribution in [2.75, 3.05) is 19.6 Å². The number of methoxy groups -OCH3 is 2. The lowest BCUT2D eigenvalue weighted by molar-refractivity contribution is 0.414. The Morgan fingerprint density at radius 3 is 2.56 bits per heavy atom. The Bertz CT molecular complexity index is 1020. The Balaban J connectivity index is 1.80. The average Bonchev–Trinajstić information content (AvgIpc) is 2.71. The minimum atomic E-state index is -0.455. The second kappa shape index (κ2) is 8.37. The molecule has 0 radical (unpaired) electrons. The van der Waals surface area contributed by atoms with Crippen LogP contribution in [0.25, 0.3) is 5.69 Å². The number of hydrogen-bond acceptors (Lipinski definition) is 6. The molecule has 0 unspecified atom stereocenters. The van der Waals surface area contributed by atoms with Crippen LogP contribution < -0.4 is 20.5 Å². The van der Waals surface area contributed by atoms with Gasteiger partial charge >= 0.3 is 0 Å². The van der Waals surface area contributed by atoms with Crippen molar-refractivity contribution in [3.8, 4) is 17.2 Å². The van der Waals surface area contributed by atoms with E-state index in [1.54, 1.807) is 44.7 Å². The lowest BCUT2D eigenvalue weighted by Gasteiger charge is -2.08. The van der Waals surface area contributed by atoms with E-state index in [9.17, 15) is 4.79 Å². The molecule has 0 amide bonds. The van der Waals surface area contributed by atoms with Gasteiger partial charge in [-0.15, -0.1) is 0 Å². The molecule has 7 nitrogen and oxygen atoms in total. The zero-order chi connectivity index (χ0) is 19.2. The van der Waals surface area contributed by atoms with Gasteiger partial charge in [-0.05, 0) is 42.0 Å². The van der Waals surface area contributed by atoms with Crippen molar-refractivity contribution in [3.63, 3.8) is 0 Å². The first-order chi connectivity index (χ1) is 13.1. The van der Waals surface area contributed by atoms with E-state index in [2.05, 4.69) is 15.6 Å². The van der Waals surface area contributed by atoms with Crippen molar-refractivity contribution in [1.29, 1.82) is 0 Å². The third-order valence-corrected chi connectivity index (χ3v) is 4.09. The van der Waals surface area contributed by atoms with E-state index in [4.69, 9.17) is 21.1 Å². The zero-order valence-electron chi connectivity index (χ0n) is 14.7. The van der Waals surface area contributed by atoms with Gasteiger partial charge in [0.1, 0.15) is 22.2 Å². The van der Waals surface area contributed by atoms with Gasteiger partial charge in [-0.3, -0.25) is 10.2 Å². The standard InChI is InChI=1S/C19H17ClN4O3/c1-26-15-8-6-14(7-9-15)24-19(25)18(20)17(12-22-24)23-21-11-13-4-3-5-16(10-13)27-2/h3-12,23H,1-2H3/b21-11-. The normalized spacial score (nSPS) is 10.8. The summed E-state index contributed by atoms with van der Waals surface area (Å²) in [6.07, 6.45) is 3.03. The molecule has 0 aliphatic carbocycles. The molecule has 3 aromatic rings. The van der Waals surface area contributed by atoms with Gasteiger partial charge in [0.05, 0.1) is 32.3 Å². The monoisotopic (exact) mass is 384 g/mol. The maximum atomic E-state index is 12.5. The summed E-state index contributed by atoms with van der Waals surface area (Å²) < 4.78 is 11.5. The smallest absolute Gasteiger partial charge is 0.292 e. The highest BCUT2D eigenvalue weighted by molar-refractivity contribution is 6.32. The third-order valence-electron chi connectivity index (χ3n) is 3.73.